The van der Waals surface area contributed by atoms with E-state index in [-0.39, 0.29) is 0 Å². The van der Waals surface area contributed by atoms with Crippen molar-refractivity contribution in [1.29, 1.82) is 5.26 Å². The van der Waals surface area contributed by atoms with Crippen LogP contribution in [-0.4, -0.2) is 9.97 Å². The van der Waals surface area contributed by atoms with Gasteiger partial charge in [-0.05, 0) is 35.7 Å². The van der Waals surface area contributed by atoms with Crippen LogP contribution in [0.15, 0.2) is 66.0 Å². The van der Waals surface area contributed by atoms with Crippen LogP contribution in [-0.2, 0) is 0 Å². The Morgan fingerprint density at radius 3 is 2.46 bits per heavy atom. The summed E-state index contributed by atoms with van der Waals surface area (Å²) in [6, 6.07) is 20.8. The zero-order chi connectivity index (χ0) is 16.4. The molecule has 4 rings (SSSR count). The van der Waals surface area contributed by atoms with Gasteiger partial charge in [-0.25, -0.2) is 4.98 Å². The highest BCUT2D eigenvalue weighted by Crippen LogP contribution is 2.33. The molecule has 4 aromatic rings. The lowest BCUT2D eigenvalue weighted by Crippen LogP contribution is -1.94. The molecule has 0 N–H and O–H groups in total. The average molecular weight is 329 g/mol. The molecule has 0 atom stereocenters. The maximum atomic E-state index is 8.88. The number of fused-ring (bicyclic) bond motifs is 1. The maximum Gasteiger partial charge on any atom is 0.240 e. The molecule has 2 heterocycles. The molecule has 0 aliphatic heterocycles. The van der Waals surface area contributed by atoms with E-state index in [2.05, 4.69) is 16.0 Å². The summed E-state index contributed by atoms with van der Waals surface area (Å²) >= 11 is 1.54. The molecule has 24 heavy (non-hydrogen) atoms. The van der Waals surface area contributed by atoms with Crippen LogP contribution in [0.5, 0.6) is 11.6 Å². The predicted octanol–water partition coefficient (Wildman–Crippen LogP) is 5.02. The van der Waals surface area contributed by atoms with E-state index < -0.39 is 0 Å². The predicted molar refractivity (Wildman–Crippen MR) is 94.1 cm³/mol. The third kappa shape index (κ3) is 2.71. The van der Waals surface area contributed by atoms with Crippen molar-refractivity contribution in [2.75, 3.05) is 0 Å². The molecule has 114 valence electrons. The summed E-state index contributed by atoms with van der Waals surface area (Å²) in [5, 5.41) is 10.9. The minimum atomic E-state index is 0.526. The van der Waals surface area contributed by atoms with Gasteiger partial charge in [0.05, 0.1) is 17.1 Å². The van der Waals surface area contributed by atoms with Crippen molar-refractivity contribution in [3.63, 3.8) is 0 Å². The van der Waals surface area contributed by atoms with Gasteiger partial charge in [0.15, 0.2) is 5.82 Å². The third-order valence-corrected chi connectivity index (χ3v) is 4.39. The summed E-state index contributed by atoms with van der Waals surface area (Å²) < 4.78 is 6.86. The highest BCUT2D eigenvalue weighted by molar-refractivity contribution is 7.17. The molecule has 0 bridgehead atoms. The van der Waals surface area contributed by atoms with Crippen molar-refractivity contribution in [3.8, 4) is 29.1 Å². The molecule has 0 aliphatic rings. The Morgan fingerprint density at radius 1 is 0.917 bits per heavy atom. The highest BCUT2D eigenvalue weighted by Gasteiger charge is 2.12. The number of rotatable bonds is 3. The Bertz CT molecular complexity index is 1030. The highest BCUT2D eigenvalue weighted by atomic mass is 32.1. The first kappa shape index (κ1) is 14.4. The molecule has 5 heteroatoms. The molecule has 0 saturated heterocycles. The molecule has 0 spiro atoms. The van der Waals surface area contributed by atoms with E-state index in [4.69, 9.17) is 10.00 Å². The topological polar surface area (TPSA) is 58.8 Å². The number of nitrogens with zero attached hydrogens (tertiary/aromatic N) is 3. The first-order chi connectivity index (χ1) is 11.8. The number of thiophene rings is 1. The number of nitriles is 1. The normalized spacial score (nSPS) is 10.5. The quantitative estimate of drug-likeness (QED) is 0.529. The number of hydrogen-bond donors (Lipinski definition) is 0. The van der Waals surface area contributed by atoms with Crippen molar-refractivity contribution in [2.45, 2.75) is 0 Å². The van der Waals surface area contributed by atoms with Crippen LogP contribution in [0.1, 0.15) is 5.56 Å². The van der Waals surface area contributed by atoms with Crippen LogP contribution in [0.2, 0.25) is 0 Å². The third-order valence-electron chi connectivity index (χ3n) is 3.50. The number of ether oxygens (including phenoxy) is 1. The zero-order valence-electron chi connectivity index (χ0n) is 12.5. The molecule has 0 saturated carbocycles. The Kier molecular flexibility index (Phi) is 3.66. The van der Waals surface area contributed by atoms with Crippen molar-refractivity contribution in [2.24, 2.45) is 0 Å². The van der Waals surface area contributed by atoms with Gasteiger partial charge in [0.2, 0.25) is 5.88 Å². The van der Waals surface area contributed by atoms with Gasteiger partial charge < -0.3 is 4.74 Å². The van der Waals surface area contributed by atoms with Gasteiger partial charge in [-0.3, -0.25) is 0 Å². The van der Waals surface area contributed by atoms with E-state index in [0.29, 0.717) is 23.0 Å². The van der Waals surface area contributed by atoms with Crippen molar-refractivity contribution in [3.05, 3.63) is 71.6 Å². The van der Waals surface area contributed by atoms with Crippen LogP contribution in [0.25, 0.3) is 21.6 Å². The summed E-state index contributed by atoms with van der Waals surface area (Å²) in [4.78, 5) is 9.20. The Hall–Kier alpha value is -3.23. The smallest absolute Gasteiger partial charge is 0.240 e. The van der Waals surface area contributed by atoms with Gasteiger partial charge in [-0.1, -0.05) is 30.3 Å². The van der Waals surface area contributed by atoms with E-state index in [0.717, 1.165) is 15.8 Å². The van der Waals surface area contributed by atoms with Crippen LogP contribution in [0.3, 0.4) is 0 Å². The van der Waals surface area contributed by atoms with Crippen LogP contribution in [0.4, 0.5) is 0 Å². The van der Waals surface area contributed by atoms with E-state index in [1.165, 1.54) is 0 Å². The second-order valence-electron chi connectivity index (χ2n) is 5.09. The molecule has 0 fully saturated rings. The first-order valence-corrected chi connectivity index (χ1v) is 8.20. The summed E-state index contributed by atoms with van der Waals surface area (Å²) in [5.74, 6) is 1.80. The van der Waals surface area contributed by atoms with Gasteiger partial charge in [-0.2, -0.15) is 10.2 Å². The second-order valence-corrected chi connectivity index (χ2v) is 6.01. The molecular formula is C19H11N3OS. The van der Waals surface area contributed by atoms with Crippen LogP contribution >= 0.6 is 11.3 Å². The lowest BCUT2D eigenvalue weighted by Gasteiger charge is -2.08. The van der Waals surface area contributed by atoms with Crippen LogP contribution < -0.4 is 4.74 Å². The monoisotopic (exact) mass is 329 g/mol. The summed E-state index contributed by atoms with van der Waals surface area (Å²) in [7, 11) is 0. The first-order valence-electron chi connectivity index (χ1n) is 7.32. The average Bonchev–Trinajstić information content (AvgIpc) is 3.12. The largest absolute Gasteiger partial charge is 0.437 e. The Labute approximate surface area is 142 Å². The molecule has 0 amide bonds. The number of benzene rings is 2. The van der Waals surface area contributed by atoms with Gasteiger partial charge in [-0.15, -0.1) is 11.3 Å². The lowest BCUT2D eigenvalue weighted by molar-refractivity contribution is 0.470. The van der Waals surface area contributed by atoms with E-state index in [1.807, 2.05) is 41.8 Å². The van der Waals surface area contributed by atoms with E-state index in [9.17, 15) is 0 Å². The standard InChI is InChI=1S/C19H11N3OS/c20-12-13-6-8-15(9-7-13)23-19-17-16(10-11-24-17)21-18(22-19)14-4-2-1-3-5-14/h1-11H. The van der Waals surface area contributed by atoms with Gasteiger partial charge in [0.1, 0.15) is 10.4 Å². The summed E-state index contributed by atoms with van der Waals surface area (Å²) in [6.07, 6.45) is 0. The molecule has 2 aromatic heterocycles. The molecule has 0 unspecified atom stereocenters. The fourth-order valence-corrected chi connectivity index (χ4v) is 3.09. The Balaban J connectivity index is 1.78. The van der Waals surface area contributed by atoms with Crippen molar-refractivity contribution < 1.29 is 4.74 Å². The molecular weight excluding hydrogens is 318 g/mol. The summed E-state index contributed by atoms with van der Waals surface area (Å²) in [6.45, 7) is 0. The Morgan fingerprint density at radius 2 is 1.71 bits per heavy atom. The maximum absolute atomic E-state index is 8.88. The van der Waals surface area contributed by atoms with E-state index >= 15 is 0 Å². The number of hydrogen-bond acceptors (Lipinski definition) is 5. The van der Waals surface area contributed by atoms with Crippen LogP contribution in [0, 0.1) is 11.3 Å². The van der Waals surface area contributed by atoms with Crippen molar-refractivity contribution in [1.82, 2.24) is 9.97 Å². The number of aromatic nitrogens is 2. The van der Waals surface area contributed by atoms with Gasteiger partial charge in [0.25, 0.3) is 0 Å². The zero-order valence-corrected chi connectivity index (χ0v) is 13.3. The molecule has 0 aliphatic carbocycles. The lowest BCUT2D eigenvalue weighted by atomic mass is 10.2. The second kappa shape index (κ2) is 6.11. The van der Waals surface area contributed by atoms with Gasteiger partial charge in [0, 0.05) is 5.56 Å². The van der Waals surface area contributed by atoms with Crippen molar-refractivity contribution >= 4 is 21.6 Å². The summed E-state index contributed by atoms with van der Waals surface area (Å²) in [5.41, 5.74) is 2.39. The van der Waals surface area contributed by atoms with Gasteiger partial charge >= 0.3 is 0 Å². The SMILES string of the molecule is N#Cc1ccc(Oc2nc(-c3ccccc3)nc3ccsc23)cc1. The minimum absolute atomic E-state index is 0.526. The fraction of sp³-hybridized carbons (Fsp3) is 0. The molecule has 4 nitrogen and oxygen atoms in total. The molecule has 2 aromatic carbocycles. The van der Waals surface area contributed by atoms with E-state index in [1.54, 1.807) is 35.6 Å². The minimum Gasteiger partial charge on any atom is -0.437 e. The fourth-order valence-electron chi connectivity index (χ4n) is 2.33. The molecule has 0 radical (unpaired) electrons.